The maximum Gasteiger partial charge on any atom is 0.328 e. The van der Waals surface area contributed by atoms with Crippen molar-refractivity contribution in [1.82, 2.24) is 24.5 Å². The second-order valence-electron chi connectivity index (χ2n) is 5.01. The van der Waals surface area contributed by atoms with Gasteiger partial charge in [0, 0.05) is 16.8 Å². The van der Waals surface area contributed by atoms with Gasteiger partial charge in [0.2, 0.25) is 5.95 Å². The van der Waals surface area contributed by atoms with Gasteiger partial charge in [0.25, 0.3) is 0 Å². The zero-order chi connectivity index (χ0) is 16.0. The van der Waals surface area contributed by atoms with E-state index in [-0.39, 0.29) is 23.8 Å². The minimum absolute atomic E-state index is 0.00405. The molecule has 0 saturated carbocycles. The number of aryl methyl sites for hydroxylation is 1. The van der Waals surface area contributed by atoms with Crippen molar-refractivity contribution in [3.05, 3.63) is 38.5 Å². The number of rotatable bonds is 2. The van der Waals surface area contributed by atoms with Crippen molar-refractivity contribution in [1.29, 1.82) is 0 Å². The van der Waals surface area contributed by atoms with Crippen LogP contribution in [0.15, 0.2) is 11.0 Å². The van der Waals surface area contributed by atoms with Gasteiger partial charge in [-0.3, -0.25) is 9.55 Å². The summed E-state index contributed by atoms with van der Waals surface area (Å²) >= 11 is 6.23. The first-order valence-corrected chi connectivity index (χ1v) is 6.88. The summed E-state index contributed by atoms with van der Waals surface area (Å²) in [6.45, 7) is 3.94. The first-order chi connectivity index (χ1) is 10.4. The highest BCUT2D eigenvalue weighted by Crippen LogP contribution is 2.22. The Morgan fingerprint density at radius 1 is 1.41 bits per heavy atom. The molecule has 0 atom stereocenters. The van der Waals surface area contributed by atoms with Crippen LogP contribution in [-0.4, -0.2) is 32.3 Å². The van der Waals surface area contributed by atoms with Crippen molar-refractivity contribution in [3.63, 3.8) is 0 Å². The minimum atomic E-state index is -0.362. The quantitative estimate of drug-likeness (QED) is 0.658. The van der Waals surface area contributed by atoms with Gasteiger partial charge in [-0.25, -0.2) is 9.78 Å². The van der Waals surface area contributed by atoms with Crippen LogP contribution in [0, 0.1) is 13.8 Å². The molecule has 0 spiro atoms. The Balaban J connectivity index is 2.18. The van der Waals surface area contributed by atoms with E-state index < -0.39 is 0 Å². The van der Waals surface area contributed by atoms with Crippen LogP contribution in [0.1, 0.15) is 16.8 Å². The number of fused-ring (bicyclic) bond motifs is 1. The summed E-state index contributed by atoms with van der Waals surface area (Å²) in [5.74, 6) is 0.00405. The predicted molar refractivity (Wildman–Crippen MR) is 85.8 cm³/mol. The van der Waals surface area contributed by atoms with Crippen LogP contribution in [0.4, 0.5) is 5.95 Å². The summed E-state index contributed by atoms with van der Waals surface area (Å²) < 4.78 is 1.41. The number of aromatic nitrogens is 5. The smallest absolute Gasteiger partial charge is 0.328 e. The minimum Gasteiger partial charge on any atom is -0.368 e. The van der Waals surface area contributed by atoms with E-state index in [1.54, 1.807) is 6.20 Å². The topological polar surface area (TPSA) is 102 Å². The summed E-state index contributed by atoms with van der Waals surface area (Å²) in [4.78, 5) is 27.0. The Hall–Kier alpha value is -2.35. The van der Waals surface area contributed by atoms with Crippen molar-refractivity contribution >= 4 is 42.2 Å². The molecule has 9 heteroatoms. The number of nitrogens with one attached hydrogen (secondary N) is 1. The lowest BCUT2D eigenvalue weighted by molar-refractivity contribution is 0.750. The number of H-pyrrole nitrogens is 1. The first kappa shape index (κ1) is 14.6. The van der Waals surface area contributed by atoms with E-state index in [1.807, 2.05) is 13.8 Å². The third-order valence-corrected chi connectivity index (χ3v) is 4.08. The SMILES string of the molecule is [B]c1nc(N)nc2c1[nH]c(=O)n2Cc1ncc(C)c(Cl)c1C. The third-order valence-electron chi connectivity index (χ3n) is 3.50. The third kappa shape index (κ3) is 2.25. The normalized spacial score (nSPS) is 11.2. The highest BCUT2D eigenvalue weighted by molar-refractivity contribution is 6.36. The molecule has 2 radical (unpaired) electrons. The number of pyridine rings is 1. The first-order valence-electron chi connectivity index (χ1n) is 6.50. The van der Waals surface area contributed by atoms with E-state index in [0.29, 0.717) is 21.9 Å². The van der Waals surface area contributed by atoms with Gasteiger partial charge < -0.3 is 10.7 Å². The molecule has 0 bridgehead atoms. The van der Waals surface area contributed by atoms with Gasteiger partial charge in [-0.1, -0.05) is 11.6 Å². The molecule has 0 aromatic carbocycles. The zero-order valence-corrected chi connectivity index (χ0v) is 12.8. The molecule has 3 aromatic rings. The number of nitrogens with two attached hydrogens (primary N) is 1. The van der Waals surface area contributed by atoms with Crippen molar-refractivity contribution < 1.29 is 0 Å². The van der Waals surface area contributed by atoms with E-state index in [1.165, 1.54) is 4.57 Å². The molecule has 0 aliphatic heterocycles. The van der Waals surface area contributed by atoms with Crippen molar-refractivity contribution in [2.75, 3.05) is 5.73 Å². The number of nitrogen functional groups attached to an aromatic ring is 1. The zero-order valence-electron chi connectivity index (χ0n) is 12.0. The van der Waals surface area contributed by atoms with Crippen LogP contribution < -0.4 is 17.0 Å². The van der Waals surface area contributed by atoms with Gasteiger partial charge in [-0.15, -0.1) is 0 Å². The van der Waals surface area contributed by atoms with E-state index in [9.17, 15) is 4.79 Å². The van der Waals surface area contributed by atoms with E-state index in [4.69, 9.17) is 25.2 Å². The number of halogens is 1. The van der Waals surface area contributed by atoms with Crippen LogP contribution >= 0.6 is 11.6 Å². The molecule has 7 nitrogen and oxygen atoms in total. The van der Waals surface area contributed by atoms with Gasteiger partial charge >= 0.3 is 5.69 Å². The predicted octanol–water partition coefficient (Wildman–Crippen LogP) is 0.209. The van der Waals surface area contributed by atoms with Crippen molar-refractivity contribution in [3.8, 4) is 0 Å². The van der Waals surface area contributed by atoms with Gasteiger partial charge in [0.15, 0.2) is 5.65 Å². The summed E-state index contributed by atoms with van der Waals surface area (Å²) in [7, 11) is 5.76. The largest absolute Gasteiger partial charge is 0.368 e. The lowest BCUT2D eigenvalue weighted by Gasteiger charge is -2.09. The van der Waals surface area contributed by atoms with Crippen LogP contribution in [-0.2, 0) is 6.54 Å². The molecule has 3 aromatic heterocycles. The highest BCUT2D eigenvalue weighted by atomic mass is 35.5. The molecule has 0 aliphatic carbocycles. The Kier molecular flexibility index (Phi) is 3.40. The monoisotopic (exact) mass is 314 g/mol. The van der Waals surface area contributed by atoms with Gasteiger partial charge in [-0.05, 0) is 25.0 Å². The van der Waals surface area contributed by atoms with Crippen LogP contribution in [0.5, 0.6) is 0 Å². The van der Waals surface area contributed by atoms with Crippen LogP contribution in [0.2, 0.25) is 5.02 Å². The van der Waals surface area contributed by atoms with Crippen LogP contribution in [0.25, 0.3) is 11.2 Å². The molecular weight excluding hydrogens is 302 g/mol. The fourth-order valence-electron chi connectivity index (χ4n) is 2.28. The number of anilines is 1. The number of hydrogen-bond donors (Lipinski definition) is 2. The molecule has 110 valence electrons. The highest BCUT2D eigenvalue weighted by Gasteiger charge is 2.15. The van der Waals surface area contributed by atoms with Crippen LogP contribution in [0.3, 0.4) is 0 Å². The van der Waals surface area contributed by atoms with Gasteiger partial charge in [0.05, 0.1) is 17.8 Å². The lowest BCUT2D eigenvalue weighted by atomic mass is 10.0. The maximum absolute atomic E-state index is 12.2. The van der Waals surface area contributed by atoms with E-state index in [2.05, 4.69) is 19.9 Å². The number of nitrogens with zero attached hydrogens (tertiary/aromatic N) is 4. The van der Waals surface area contributed by atoms with E-state index in [0.717, 1.165) is 11.1 Å². The number of imidazole rings is 1. The fraction of sp³-hybridized carbons (Fsp3) is 0.231. The standard InChI is InChI=1S/C13H12BClN6O/c1-5-3-17-7(6(2)8(5)15)4-21-11-9(18-13(21)22)10(14)19-12(16)20-11/h3H,4H2,1-2H3,(H,18,22)(H2,16,19,20). The molecule has 0 amide bonds. The summed E-state index contributed by atoms with van der Waals surface area (Å²) in [5, 5.41) is 0.631. The Bertz CT molecular complexity index is 948. The van der Waals surface area contributed by atoms with Gasteiger partial charge in [0.1, 0.15) is 7.85 Å². The molecule has 0 saturated heterocycles. The Morgan fingerprint density at radius 2 is 2.14 bits per heavy atom. The van der Waals surface area contributed by atoms with Crippen molar-refractivity contribution in [2.24, 2.45) is 0 Å². The summed E-state index contributed by atoms with van der Waals surface area (Å²) in [6.07, 6.45) is 1.67. The fourth-order valence-corrected chi connectivity index (χ4v) is 2.43. The molecule has 3 rings (SSSR count). The summed E-state index contributed by atoms with van der Waals surface area (Å²) in [6, 6.07) is 0. The van der Waals surface area contributed by atoms with Gasteiger partial charge in [-0.2, -0.15) is 4.98 Å². The second kappa shape index (κ2) is 5.13. The Labute approximate surface area is 132 Å². The molecular formula is C13H12BClN6O. The second-order valence-corrected chi connectivity index (χ2v) is 5.39. The average Bonchev–Trinajstić information content (AvgIpc) is 2.76. The number of hydrogen-bond acceptors (Lipinski definition) is 5. The molecule has 0 unspecified atom stereocenters. The van der Waals surface area contributed by atoms with Crippen molar-refractivity contribution in [2.45, 2.75) is 20.4 Å². The average molecular weight is 315 g/mol. The molecule has 0 aliphatic rings. The Morgan fingerprint density at radius 3 is 2.86 bits per heavy atom. The summed E-state index contributed by atoms with van der Waals surface area (Å²) in [5.41, 5.74) is 8.44. The lowest BCUT2D eigenvalue weighted by Crippen LogP contribution is -2.19. The molecule has 3 heterocycles. The number of aromatic amines is 1. The maximum atomic E-state index is 12.2. The van der Waals surface area contributed by atoms with E-state index >= 15 is 0 Å². The molecule has 22 heavy (non-hydrogen) atoms. The molecule has 0 fully saturated rings. The molecule has 3 N–H and O–H groups in total.